The Hall–Kier alpha value is -2.61. The lowest BCUT2D eigenvalue weighted by Crippen LogP contribution is -2.02. The molecule has 0 aliphatic carbocycles. The third kappa shape index (κ3) is 3.48. The van der Waals surface area contributed by atoms with Crippen LogP contribution in [0.1, 0.15) is 5.56 Å². The predicted octanol–water partition coefficient (Wildman–Crippen LogP) is 1.15. The number of rotatable bonds is 6. The van der Waals surface area contributed by atoms with Crippen LogP contribution in [0.4, 0.5) is 0 Å². The second-order valence-corrected chi connectivity index (χ2v) is 3.88. The standard InChI is InChI=1S/C13H16N4O4/c1-18-10-6-8(7-14)4-5-9(10)21-13-16-11(19-2)15-12(17-13)20-3/h4-6H,7,14H2,1-3H3. The Bertz CT molecular complexity index is 599. The first kappa shape index (κ1) is 14.8. The summed E-state index contributed by atoms with van der Waals surface area (Å²) in [5.74, 6) is 0.973. The van der Waals surface area contributed by atoms with Crippen LogP contribution < -0.4 is 24.7 Å². The van der Waals surface area contributed by atoms with Gasteiger partial charge in [0.05, 0.1) is 21.3 Å². The zero-order valence-corrected chi connectivity index (χ0v) is 12.0. The summed E-state index contributed by atoms with van der Waals surface area (Å²) in [7, 11) is 4.42. The molecular weight excluding hydrogens is 276 g/mol. The van der Waals surface area contributed by atoms with E-state index in [0.717, 1.165) is 5.56 Å². The van der Waals surface area contributed by atoms with Gasteiger partial charge in [-0.2, -0.15) is 0 Å². The molecule has 0 spiro atoms. The van der Waals surface area contributed by atoms with Gasteiger partial charge in [0, 0.05) is 6.54 Å². The summed E-state index contributed by atoms with van der Waals surface area (Å²) in [6, 6.07) is 5.56. The number of nitrogens with two attached hydrogens (primary N) is 1. The van der Waals surface area contributed by atoms with Gasteiger partial charge in [0.1, 0.15) is 0 Å². The lowest BCUT2D eigenvalue weighted by atomic mass is 10.2. The lowest BCUT2D eigenvalue weighted by Gasteiger charge is -2.11. The third-order valence-electron chi connectivity index (χ3n) is 2.60. The molecule has 21 heavy (non-hydrogen) atoms. The summed E-state index contributed by atoms with van der Waals surface area (Å²) >= 11 is 0. The van der Waals surface area contributed by atoms with E-state index in [4.69, 9.17) is 24.7 Å². The van der Waals surface area contributed by atoms with E-state index in [-0.39, 0.29) is 18.0 Å². The van der Waals surface area contributed by atoms with Crippen LogP contribution in [0.5, 0.6) is 29.5 Å². The zero-order chi connectivity index (χ0) is 15.2. The van der Waals surface area contributed by atoms with E-state index in [1.54, 1.807) is 12.1 Å². The minimum absolute atomic E-state index is 0.0394. The van der Waals surface area contributed by atoms with Gasteiger partial charge in [0.25, 0.3) is 0 Å². The maximum atomic E-state index is 5.60. The quantitative estimate of drug-likeness (QED) is 0.846. The zero-order valence-electron chi connectivity index (χ0n) is 12.0. The largest absolute Gasteiger partial charge is 0.493 e. The molecule has 112 valence electrons. The first-order valence-electron chi connectivity index (χ1n) is 6.09. The molecule has 0 saturated carbocycles. The van der Waals surface area contributed by atoms with Crippen LogP contribution in [0.25, 0.3) is 0 Å². The Morgan fingerprint density at radius 3 is 2.00 bits per heavy atom. The second kappa shape index (κ2) is 6.71. The average Bonchev–Trinajstić information content (AvgIpc) is 2.54. The topological polar surface area (TPSA) is 102 Å². The van der Waals surface area contributed by atoms with Crippen LogP contribution in [0.3, 0.4) is 0 Å². The molecule has 2 rings (SSSR count). The summed E-state index contributed by atoms with van der Waals surface area (Å²) in [5.41, 5.74) is 6.51. The van der Waals surface area contributed by atoms with E-state index in [1.807, 2.05) is 6.07 Å². The molecule has 1 aromatic carbocycles. The number of nitrogens with zero attached hydrogens (tertiary/aromatic N) is 3. The summed E-state index contributed by atoms with van der Waals surface area (Å²) < 4.78 is 20.8. The van der Waals surface area contributed by atoms with Crippen molar-refractivity contribution in [3.8, 4) is 29.5 Å². The van der Waals surface area contributed by atoms with E-state index in [9.17, 15) is 0 Å². The Labute approximate surface area is 121 Å². The number of ether oxygens (including phenoxy) is 4. The van der Waals surface area contributed by atoms with E-state index >= 15 is 0 Å². The molecule has 2 aromatic rings. The van der Waals surface area contributed by atoms with Crippen LogP contribution in [0.15, 0.2) is 18.2 Å². The number of methoxy groups -OCH3 is 3. The molecule has 8 heteroatoms. The van der Waals surface area contributed by atoms with Gasteiger partial charge in [-0.25, -0.2) is 0 Å². The molecule has 0 aliphatic rings. The van der Waals surface area contributed by atoms with Gasteiger partial charge in [0.15, 0.2) is 11.5 Å². The Kier molecular flexibility index (Phi) is 4.72. The van der Waals surface area contributed by atoms with Gasteiger partial charge in [-0.05, 0) is 17.7 Å². The summed E-state index contributed by atoms with van der Waals surface area (Å²) in [6.07, 6.45) is 0. The highest BCUT2D eigenvalue weighted by molar-refractivity contribution is 5.44. The Morgan fingerprint density at radius 1 is 0.857 bits per heavy atom. The van der Waals surface area contributed by atoms with Gasteiger partial charge < -0.3 is 24.7 Å². The molecule has 1 aromatic heterocycles. The van der Waals surface area contributed by atoms with Crippen molar-refractivity contribution in [2.24, 2.45) is 5.73 Å². The average molecular weight is 292 g/mol. The van der Waals surface area contributed by atoms with Crippen LogP contribution >= 0.6 is 0 Å². The normalized spacial score (nSPS) is 10.1. The van der Waals surface area contributed by atoms with Crippen molar-refractivity contribution in [1.82, 2.24) is 15.0 Å². The first-order chi connectivity index (χ1) is 10.2. The highest BCUT2D eigenvalue weighted by Crippen LogP contribution is 2.31. The van der Waals surface area contributed by atoms with Crippen LogP contribution in [-0.4, -0.2) is 36.3 Å². The molecular formula is C13H16N4O4. The Balaban J connectivity index is 2.33. The van der Waals surface area contributed by atoms with Crippen LogP contribution in [0, 0.1) is 0 Å². The van der Waals surface area contributed by atoms with Gasteiger partial charge in [-0.15, -0.1) is 15.0 Å². The molecule has 0 radical (unpaired) electrons. The molecule has 1 heterocycles. The molecule has 2 N–H and O–H groups in total. The Morgan fingerprint density at radius 2 is 1.48 bits per heavy atom. The highest BCUT2D eigenvalue weighted by atomic mass is 16.5. The molecule has 0 atom stereocenters. The van der Waals surface area contributed by atoms with Crippen LogP contribution in [-0.2, 0) is 6.54 Å². The second-order valence-electron chi connectivity index (χ2n) is 3.88. The van der Waals surface area contributed by atoms with Crippen molar-refractivity contribution in [1.29, 1.82) is 0 Å². The van der Waals surface area contributed by atoms with Gasteiger partial charge in [-0.1, -0.05) is 6.07 Å². The summed E-state index contributed by atoms with van der Waals surface area (Å²) in [4.78, 5) is 11.9. The van der Waals surface area contributed by atoms with Gasteiger partial charge in [-0.3, -0.25) is 0 Å². The van der Waals surface area contributed by atoms with Crippen LogP contribution in [0.2, 0.25) is 0 Å². The van der Waals surface area contributed by atoms with E-state index in [2.05, 4.69) is 15.0 Å². The number of hydrogen-bond acceptors (Lipinski definition) is 8. The monoisotopic (exact) mass is 292 g/mol. The minimum Gasteiger partial charge on any atom is -0.493 e. The first-order valence-corrected chi connectivity index (χ1v) is 6.09. The molecule has 8 nitrogen and oxygen atoms in total. The predicted molar refractivity (Wildman–Crippen MR) is 73.9 cm³/mol. The molecule has 0 unspecified atom stereocenters. The van der Waals surface area contributed by atoms with Crippen molar-refractivity contribution in [2.75, 3.05) is 21.3 Å². The van der Waals surface area contributed by atoms with Crippen molar-refractivity contribution >= 4 is 0 Å². The van der Waals surface area contributed by atoms with Crippen molar-refractivity contribution in [3.63, 3.8) is 0 Å². The number of hydrogen-bond donors (Lipinski definition) is 1. The fourth-order valence-electron chi connectivity index (χ4n) is 1.57. The van der Waals surface area contributed by atoms with Crippen molar-refractivity contribution in [2.45, 2.75) is 6.54 Å². The maximum absolute atomic E-state index is 5.60. The van der Waals surface area contributed by atoms with Crippen molar-refractivity contribution < 1.29 is 18.9 Å². The fourth-order valence-corrected chi connectivity index (χ4v) is 1.57. The third-order valence-corrected chi connectivity index (χ3v) is 2.60. The SMILES string of the molecule is COc1nc(OC)nc(Oc2ccc(CN)cc2OC)n1. The summed E-state index contributed by atoms with van der Waals surface area (Å²) in [5, 5.41) is 0. The maximum Gasteiger partial charge on any atom is 0.331 e. The van der Waals surface area contributed by atoms with E-state index < -0.39 is 0 Å². The van der Waals surface area contributed by atoms with Crippen molar-refractivity contribution in [3.05, 3.63) is 23.8 Å². The fraction of sp³-hybridized carbons (Fsp3) is 0.308. The van der Waals surface area contributed by atoms with Gasteiger partial charge >= 0.3 is 18.0 Å². The number of benzene rings is 1. The lowest BCUT2D eigenvalue weighted by molar-refractivity contribution is 0.314. The van der Waals surface area contributed by atoms with E-state index in [0.29, 0.717) is 18.0 Å². The molecule has 0 amide bonds. The molecule has 0 saturated heterocycles. The smallest absolute Gasteiger partial charge is 0.331 e. The number of aromatic nitrogens is 3. The molecule has 0 aliphatic heterocycles. The van der Waals surface area contributed by atoms with E-state index in [1.165, 1.54) is 21.3 Å². The minimum atomic E-state index is 0.0394. The summed E-state index contributed by atoms with van der Waals surface area (Å²) in [6.45, 7) is 0.407. The molecule has 0 fully saturated rings. The highest BCUT2D eigenvalue weighted by Gasteiger charge is 2.12. The van der Waals surface area contributed by atoms with Gasteiger partial charge in [0.2, 0.25) is 0 Å². The molecule has 0 bridgehead atoms.